The van der Waals surface area contributed by atoms with Crippen LogP contribution in [0.5, 0.6) is 11.5 Å². The summed E-state index contributed by atoms with van der Waals surface area (Å²) in [6.07, 6.45) is 1.94. The van der Waals surface area contributed by atoms with E-state index in [9.17, 15) is 14.7 Å². The molecule has 0 aliphatic carbocycles. The predicted octanol–water partition coefficient (Wildman–Crippen LogP) is 1.52. The van der Waals surface area contributed by atoms with Gasteiger partial charge in [0.05, 0.1) is 5.69 Å². The molecule has 118 valence electrons. The lowest BCUT2D eigenvalue weighted by atomic mass is 10.1. The van der Waals surface area contributed by atoms with E-state index in [4.69, 9.17) is 4.74 Å². The van der Waals surface area contributed by atoms with Gasteiger partial charge in [0.15, 0.2) is 6.10 Å². The Hall–Kier alpha value is -2.24. The molecule has 1 fully saturated rings. The number of fused-ring (bicyclic) bond motifs is 1. The number of phenols is 1. The number of aromatic hydroxyl groups is 1. The number of carbonyl (C=O) groups excluding carboxylic acids is 2. The zero-order valence-electron chi connectivity index (χ0n) is 12.6. The van der Waals surface area contributed by atoms with Crippen molar-refractivity contribution in [3.05, 3.63) is 18.2 Å². The van der Waals surface area contributed by atoms with Crippen LogP contribution in [0.15, 0.2) is 18.2 Å². The van der Waals surface area contributed by atoms with Crippen LogP contribution in [-0.4, -0.2) is 47.6 Å². The molecule has 0 bridgehead atoms. The van der Waals surface area contributed by atoms with E-state index >= 15 is 0 Å². The summed E-state index contributed by atoms with van der Waals surface area (Å²) in [6, 6.07) is 4.60. The zero-order chi connectivity index (χ0) is 15.7. The third kappa shape index (κ3) is 2.61. The summed E-state index contributed by atoms with van der Waals surface area (Å²) < 4.78 is 5.64. The Balaban J connectivity index is 1.87. The predicted molar refractivity (Wildman–Crippen MR) is 81.0 cm³/mol. The van der Waals surface area contributed by atoms with E-state index in [-0.39, 0.29) is 24.1 Å². The van der Waals surface area contributed by atoms with Crippen LogP contribution < -0.4 is 9.64 Å². The third-order valence-corrected chi connectivity index (χ3v) is 4.17. The minimum absolute atomic E-state index is 0.0243. The van der Waals surface area contributed by atoms with Crippen molar-refractivity contribution in [3.63, 3.8) is 0 Å². The van der Waals surface area contributed by atoms with E-state index in [1.54, 1.807) is 11.0 Å². The number of carbonyl (C=O) groups is 2. The molecule has 1 aromatic rings. The number of ether oxygens (including phenoxy) is 1. The summed E-state index contributed by atoms with van der Waals surface area (Å²) in [5, 5.41) is 9.60. The van der Waals surface area contributed by atoms with E-state index < -0.39 is 6.10 Å². The van der Waals surface area contributed by atoms with Crippen LogP contribution in [0.3, 0.4) is 0 Å². The van der Waals surface area contributed by atoms with Crippen molar-refractivity contribution in [2.45, 2.75) is 32.3 Å². The summed E-state index contributed by atoms with van der Waals surface area (Å²) >= 11 is 0. The lowest BCUT2D eigenvalue weighted by molar-refractivity contribution is -0.132. The first-order valence-electron chi connectivity index (χ1n) is 7.69. The number of hydrogen-bond acceptors (Lipinski definition) is 4. The fourth-order valence-corrected chi connectivity index (χ4v) is 2.94. The Labute approximate surface area is 129 Å². The fraction of sp³-hybridized carbons (Fsp3) is 0.500. The van der Waals surface area contributed by atoms with Crippen molar-refractivity contribution in [2.24, 2.45) is 0 Å². The molecule has 6 nitrogen and oxygen atoms in total. The van der Waals surface area contributed by atoms with Gasteiger partial charge in [-0.3, -0.25) is 14.5 Å². The summed E-state index contributed by atoms with van der Waals surface area (Å²) in [5.41, 5.74) is 0.542. The van der Waals surface area contributed by atoms with Gasteiger partial charge < -0.3 is 14.7 Å². The zero-order valence-corrected chi connectivity index (χ0v) is 12.6. The smallest absolute Gasteiger partial charge is 0.268 e. The van der Waals surface area contributed by atoms with Gasteiger partial charge in [0.25, 0.3) is 5.91 Å². The van der Waals surface area contributed by atoms with Crippen molar-refractivity contribution >= 4 is 17.5 Å². The molecule has 2 amide bonds. The van der Waals surface area contributed by atoms with Gasteiger partial charge >= 0.3 is 0 Å². The molecular weight excluding hydrogens is 284 g/mol. The van der Waals surface area contributed by atoms with Gasteiger partial charge in [-0.25, -0.2) is 0 Å². The van der Waals surface area contributed by atoms with E-state index in [0.29, 0.717) is 17.9 Å². The molecule has 1 saturated heterocycles. The Kier molecular flexibility index (Phi) is 3.92. The molecule has 2 aliphatic heterocycles. The fourth-order valence-electron chi connectivity index (χ4n) is 2.94. The van der Waals surface area contributed by atoms with E-state index in [1.807, 2.05) is 6.92 Å². The number of rotatable bonds is 3. The van der Waals surface area contributed by atoms with Gasteiger partial charge in [0.2, 0.25) is 5.91 Å². The Bertz CT molecular complexity index is 596. The topological polar surface area (TPSA) is 70.1 Å². The molecule has 1 atom stereocenters. The van der Waals surface area contributed by atoms with Crippen molar-refractivity contribution in [1.29, 1.82) is 0 Å². The second kappa shape index (κ2) is 5.87. The van der Waals surface area contributed by atoms with Crippen LogP contribution in [0.1, 0.15) is 26.2 Å². The van der Waals surface area contributed by atoms with Crippen LogP contribution in [-0.2, 0) is 9.59 Å². The molecular formula is C16H20N2O4. The molecule has 2 heterocycles. The molecule has 0 radical (unpaired) electrons. The molecule has 3 rings (SSSR count). The van der Waals surface area contributed by atoms with Gasteiger partial charge in [-0.2, -0.15) is 0 Å². The SMILES string of the molecule is CCC1Oc2cc(O)ccc2N(CC(=O)N2CCCC2)C1=O. The molecule has 0 aromatic heterocycles. The summed E-state index contributed by atoms with van der Waals surface area (Å²) in [4.78, 5) is 28.2. The highest BCUT2D eigenvalue weighted by atomic mass is 16.5. The summed E-state index contributed by atoms with van der Waals surface area (Å²) in [7, 11) is 0. The normalized spacial score (nSPS) is 20.8. The van der Waals surface area contributed by atoms with Gasteiger partial charge in [-0.15, -0.1) is 0 Å². The largest absolute Gasteiger partial charge is 0.508 e. The quantitative estimate of drug-likeness (QED) is 0.919. The molecule has 1 N–H and O–H groups in total. The molecule has 6 heteroatoms. The second-order valence-electron chi connectivity index (χ2n) is 5.68. The first kappa shape index (κ1) is 14.7. The maximum absolute atomic E-state index is 12.5. The highest BCUT2D eigenvalue weighted by Gasteiger charge is 2.35. The number of phenolic OH excluding ortho intramolecular Hbond substituents is 1. The lowest BCUT2D eigenvalue weighted by Crippen LogP contribution is -2.50. The third-order valence-electron chi connectivity index (χ3n) is 4.17. The molecule has 22 heavy (non-hydrogen) atoms. The Morgan fingerprint density at radius 1 is 1.36 bits per heavy atom. The van der Waals surface area contributed by atoms with E-state index in [2.05, 4.69) is 0 Å². The highest BCUT2D eigenvalue weighted by Crippen LogP contribution is 2.37. The van der Waals surface area contributed by atoms with Gasteiger partial charge in [0, 0.05) is 19.2 Å². The standard InChI is InChI=1S/C16H20N2O4/c1-2-13-16(21)18(10-15(20)17-7-3-4-8-17)12-6-5-11(19)9-14(12)22-13/h5-6,9,13,19H,2-4,7-8,10H2,1H3. The average molecular weight is 304 g/mol. The van der Waals surface area contributed by atoms with Crippen LogP contribution >= 0.6 is 0 Å². The van der Waals surface area contributed by atoms with Gasteiger partial charge in [-0.1, -0.05) is 6.92 Å². The Morgan fingerprint density at radius 3 is 2.77 bits per heavy atom. The molecule has 2 aliphatic rings. The number of likely N-dealkylation sites (tertiary alicyclic amines) is 1. The maximum Gasteiger partial charge on any atom is 0.268 e. The summed E-state index contributed by atoms with van der Waals surface area (Å²) in [5.74, 6) is 0.282. The molecule has 1 aromatic carbocycles. The molecule has 0 spiro atoms. The highest BCUT2D eigenvalue weighted by molar-refractivity contribution is 6.03. The average Bonchev–Trinajstić information content (AvgIpc) is 3.04. The van der Waals surface area contributed by atoms with Crippen molar-refractivity contribution in [2.75, 3.05) is 24.5 Å². The van der Waals surface area contributed by atoms with Crippen LogP contribution in [0.25, 0.3) is 0 Å². The number of nitrogens with zero attached hydrogens (tertiary/aromatic N) is 2. The first-order chi connectivity index (χ1) is 10.6. The minimum Gasteiger partial charge on any atom is -0.508 e. The Morgan fingerprint density at radius 2 is 2.09 bits per heavy atom. The molecule has 0 saturated carbocycles. The second-order valence-corrected chi connectivity index (χ2v) is 5.68. The van der Waals surface area contributed by atoms with Crippen LogP contribution in [0.2, 0.25) is 0 Å². The van der Waals surface area contributed by atoms with Crippen molar-refractivity contribution in [1.82, 2.24) is 4.90 Å². The number of amides is 2. The van der Waals surface area contributed by atoms with Gasteiger partial charge in [-0.05, 0) is 31.4 Å². The minimum atomic E-state index is -0.610. The maximum atomic E-state index is 12.5. The number of hydrogen-bond donors (Lipinski definition) is 1. The van der Waals surface area contributed by atoms with Crippen molar-refractivity contribution < 1.29 is 19.4 Å². The van der Waals surface area contributed by atoms with Gasteiger partial charge in [0.1, 0.15) is 18.0 Å². The number of benzene rings is 1. The van der Waals surface area contributed by atoms with E-state index in [0.717, 1.165) is 25.9 Å². The first-order valence-corrected chi connectivity index (χ1v) is 7.69. The molecule has 1 unspecified atom stereocenters. The monoisotopic (exact) mass is 304 g/mol. The van der Waals surface area contributed by atoms with Crippen LogP contribution in [0, 0.1) is 0 Å². The lowest BCUT2D eigenvalue weighted by Gasteiger charge is -2.34. The van der Waals surface area contributed by atoms with Crippen molar-refractivity contribution in [3.8, 4) is 11.5 Å². The van der Waals surface area contributed by atoms with E-state index in [1.165, 1.54) is 17.0 Å². The van der Waals surface area contributed by atoms with Crippen LogP contribution in [0.4, 0.5) is 5.69 Å². The summed E-state index contributed by atoms with van der Waals surface area (Å²) in [6.45, 7) is 3.40. The number of anilines is 1.